The Labute approximate surface area is 134 Å². The molecular weight excluding hydrogens is 294 g/mol. The molecule has 0 radical (unpaired) electrons. The fourth-order valence-electron chi connectivity index (χ4n) is 2.45. The highest BCUT2D eigenvalue weighted by Gasteiger charge is 2.13. The molecule has 3 rings (SSSR count). The van der Waals surface area contributed by atoms with Crippen LogP contribution in [0.3, 0.4) is 0 Å². The first kappa shape index (κ1) is 14.8. The largest absolute Gasteiger partial charge is 0.370 e. The van der Waals surface area contributed by atoms with Crippen molar-refractivity contribution in [2.45, 2.75) is 19.4 Å². The van der Waals surface area contributed by atoms with Crippen molar-refractivity contribution in [2.24, 2.45) is 4.99 Å². The standard InChI is InChI=1S/C17H19N3OS/c21-16(11-14-6-3-10-22-14)18-8-4-9-19-17-15-7-2-1-5-13(15)12-20-17/h1-3,5-7,10H,4,8-9,11-12H2,(H,18,21)(H,19,20). The van der Waals surface area contributed by atoms with Gasteiger partial charge in [0.2, 0.25) is 5.91 Å². The summed E-state index contributed by atoms with van der Waals surface area (Å²) in [7, 11) is 0. The number of nitrogens with one attached hydrogen (secondary N) is 2. The number of amides is 1. The number of fused-ring (bicyclic) bond motifs is 1. The number of amidine groups is 1. The molecule has 0 saturated heterocycles. The smallest absolute Gasteiger partial charge is 0.225 e. The zero-order valence-corrected chi connectivity index (χ0v) is 13.2. The lowest BCUT2D eigenvalue weighted by atomic mass is 10.1. The first-order valence-electron chi connectivity index (χ1n) is 7.48. The zero-order chi connectivity index (χ0) is 15.2. The monoisotopic (exact) mass is 313 g/mol. The average Bonchev–Trinajstić information content (AvgIpc) is 3.17. The third-order valence-corrected chi connectivity index (χ3v) is 4.44. The van der Waals surface area contributed by atoms with Crippen LogP contribution in [0.1, 0.15) is 22.4 Å². The second-order valence-corrected chi connectivity index (χ2v) is 6.24. The minimum absolute atomic E-state index is 0.0889. The highest BCUT2D eigenvalue weighted by Crippen LogP contribution is 2.16. The number of carbonyl (C=O) groups is 1. The second kappa shape index (κ2) is 7.22. The molecule has 0 atom stereocenters. The second-order valence-electron chi connectivity index (χ2n) is 5.21. The normalized spacial score (nSPS) is 12.6. The van der Waals surface area contributed by atoms with E-state index < -0.39 is 0 Å². The van der Waals surface area contributed by atoms with Gasteiger partial charge in [-0.25, -0.2) is 0 Å². The first-order chi connectivity index (χ1) is 10.8. The van der Waals surface area contributed by atoms with Crippen molar-refractivity contribution in [3.05, 3.63) is 57.8 Å². The van der Waals surface area contributed by atoms with E-state index in [0.717, 1.165) is 30.2 Å². The summed E-state index contributed by atoms with van der Waals surface area (Å²) in [6, 6.07) is 12.2. The number of benzene rings is 1. The molecule has 1 aromatic carbocycles. The topological polar surface area (TPSA) is 53.5 Å². The Morgan fingerprint density at radius 1 is 1.18 bits per heavy atom. The fourth-order valence-corrected chi connectivity index (χ4v) is 3.15. The molecule has 0 unspecified atom stereocenters. The molecule has 2 N–H and O–H groups in total. The summed E-state index contributed by atoms with van der Waals surface area (Å²) in [6.07, 6.45) is 1.36. The third-order valence-electron chi connectivity index (χ3n) is 3.56. The van der Waals surface area contributed by atoms with Gasteiger partial charge in [0.05, 0.1) is 13.0 Å². The predicted octanol–water partition coefficient (Wildman–Crippen LogP) is 2.35. The Hall–Kier alpha value is -2.14. The first-order valence-corrected chi connectivity index (χ1v) is 8.36. The van der Waals surface area contributed by atoms with Gasteiger partial charge in [-0.2, -0.15) is 0 Å². The van der Waals surface area contributed by atoms with E-state index in [9.17, 15) is 4.79 Å². The van der Waals surface area contributed by atoms with Crippen molar-refractivity contribution in [2.75, 3.05) is 13.1 Å². The van der Waals surface area contributed by atoms with Crippen molar-refractivity contribution in [3.63, 3.8) is 0 Å². The van der Waals surface area contributed by atoms with Crippen LogP contribution in [0.15, 0.2) is 46.8 Å². The van der Waals surface area contributed by atoms with E-state index in [2.05, 4.69) is 27.8 Å². The number of aliphatic imine (C=N–C) groups is 1. The molecule has 5 heteroatoms. The van der Waals surface area contributed by atoms with Crippen molar-refractivity contribution in [3.8, 4) is 0 Å². The molecule has 0 bridgehead atoms. The maximum absolute atomic E-state index is 11.7. The van der Waals surface area contributed by atoms with E-state index in [1.807, 2.05) is 29.6 Å². The minimum Gasteiger partial charge on any atom is -0.370 e. The van der Waals surface area contributed by atoms with E-state index in [0.29, 0.717) is 13.0 Å². The van der Waals surface area contributed by atoms with E-state index in [1.165, 1.54) is 11.1 Å². The Balaban J connectivity index is 1.34. The predicted molar refractivity (Wildman–Crippen MR) is 90.3 cm³/mol. The van der Waals surface area contributed by atoms with Crippen molar-refractivity contribution in [1.29, 1.82) is 0 Å². The quantitative estimate of drug-likeness (QED) is 0.804. The lowest BCUT2D eigenvalue weighted by molar-refractivity contribution is -0.120. The van der Waals surface area contributed by atoms with Crippen LogP contribution >= 0.6 is 11.3 Å². The average molecular weight is 313 g/mol. The van der Waals surface area contributed by atoms with Crippen LogP contribution in [-0.2, 0) is 17.8 Å². The molecular formula is C17H19N3OS. The Morgan fingerprint density at radius 3 is 2.95 bits per heavy atom. The summed E-state index contributed by atoms with van der Waals surface area (Å²) in [4.78, 5) is 17.4. The summed E-state index contributed by atoms with van der Waals surface area (Å²) in [6.45, 7) is 2.26. The van der Waals surface area contributed by atoms with E-state index in [1.54, 1.807) is 11.3 Å². The van der Waals surface area contributed by atoms with Gasteiger partial charge in [-0.3, -0.25) is 9.79 Å². The van der Waals surface area contributed by atoms with Gasteiger partial charge in [0, 0.05) is 23.5 Å². The van der Waals surface area contributed by atoms with Gasteiger partial charge in [0.1, 0.15) is 5.84 Å². The van der Waals surface area contributed by atoms with Crippen LogP contribution in [0.5, 0.6) is 0 Å². The summed E-state index contributed by atoms with van der Waals surface area (Å²) in [5.41, 5.74) is 2.47. The van der Waals surface area contributed by atoms with Gasteiger partial charge in [-0.15, -0.1) is 11.3 Å². The van der Waals surface area contributed by atoms with Crippen LogP contribution in [-0.4, -0.2) is 24.8 Å². The molecule has 0 fully saturated rings. The van der Waals surface area contributed by atoms with Crippen molar-refractivity contribution >= 4 is 23.1 Å². The van der Waals surface area contributed by atoms with Crippen molar-refractivity contribution in [1.82, 2.24) is 10.6 Å². The molecule has 2 aromatic rings. The van der Waals surface area contributed by atoms with Gasteiger partial charge < -0.3 is 10.6 Å². The molecule has 1 amide bonds. The number of rotatable bonds is 6. The zero-order valence-electron chi connectivity index (χ0n) is 12.3. The number of carbonyl (C=O) groups excluding carboxylic acids is 1. The lowest BCUT2D eigenvalue weighted by Crippen LogP contribution is -2.30. The number of hydrogen-bond acceptors (Lipinski definition) is 4. The molecule has 0 saturated carbocycles. The molecule has 114 valence electrons. The van der Waals surface area contributed by atoms with Crippen molar-refractivity contribution < 1.29 is 4.79 Å². The van der Waals surface area contributed by atoms with E-state index in [-0.39, 0.29) is 5.91 Å². The molecule has 4 nitrogen and oxygen atoms in total. The van der Waals surface area contributed by atoms with Crippen LogP contribution in [0.2, 0.25) is 0 Å². The Kier molecular flexibility index (Phi) is 4.85. The fraction of sp³-hybridized carbons (Fsp3) is 0.294. The maximum Gasteiger partial charge on any atom is 0.225 e. The summed E-state index contributed by atoms with van der Waals surface area (Å²) < 4.78 is 0. The summed E-state index contributed by atoms with van der Waals surface area (Å²) in [5, 5.41) is 8.30. The Bertz CT molecular complexity index is 664. The highest BCUT2D eigenvalue weighted by molar-refractivity contribution is 7.10. The van der Waals surface area contributed by atoms with Gasteiger partial charge in [0.15, 0.2) is 0 Å². The molecule has 22 heavy (non-hydrogen) atoms. The van der Waals surface area contributed by atoms with Crippen LogP contribution < -0.4 is 10.6 Å². The minimum atomic E-state index is 0.0889. The van der Waals surface area contributed by atoms with Crippen LogP contribution in [0, 0.1) is 0 Å². The maximum atomic E-state index is 11.7. The summed E-state index contributed by atoms with van der Waals surface area (Å²) >= 11 is 1.62. The molecule has 1 aliphatic rings. The summed E-state index contributed by atoms with van der Waals surface area (Å²) in [5.74, 6) is 1.06. The van der Waals surface area contributed by atoms with E-state index >= 15 is 0 Å². The van der Waals surface area contributed by atoms with Crippen LogP contribution in [0.4, 0.5) is 0 Å². The molecule has 1 aromatic heterocycles. The Morgan fingerprint density at radius 2 is 2.09 bits per heavy atom. The van der Waals surface area contributed by atoms with Gasteiger partial charge in [0.25, 0.3) is 0 Å². The lowest BCUT2D eigenvalue weighted by Gasteiger charge is -2.08. The third kappa shape index (κ3) is 3.74. The number of hydrogen-bond donors (Lipinski definition) is 2. The SMILES string of the molecule is O=C(Cc1cccs1)NCCCNC1=NCc2ccccc21. The molecule has 1 aliphatic heterocycles. The highest BCUT2D eigenvalue weighted by atomic mass is 32.1. The van der Waals surface area contributed by atoms with E-state index in [4.69, 9.17) is 0 Å². The van der Waals surface area contributed by atoms with Crippen LogP contribution in [0.25, 0.3) is 0 Å². The van der Waals surface area contributed by atoms with Gasteiger partial charge in [-0.1, -0.05) is 30.3 Å². The molecule has 2 heterocycles. The molecule has 0 aliphatic carbocycles. The van der Waals surface area contributed by atoms with Gasteiger partial charge >= 0.3 is 0 Å². The molecule has 0 spiro atoms. The number of thiophene rings is 1. The number of nitrogens with zero attached hydrogens (tertiary/aromatic N) is 1. The van der Waals surface area contributed by atoms with Gasteiger partial charge in [-0.05, 0) is 23.4 Å².